The van der Waals surface area contributed by atoms with Crippen LogP contribution in [0.3, 0.4) is 0 Å². The smallest absolute Gasteiger partial charge is 0.381 e. The highest BCUT2D eigenvalue weighted by Crippen LogP contribution is 2.48. The average molecular weight is 558 g/mol. The molecule has 1 amide bonds. The number of carbonyl (C=O) groups is 1. The Morgan fingerprint density at radius 3 is 2.52 bits per heavy atom. The lowest BCUT2D eigenvalue weighted by atomic mass is 9.96. The quantitative estimate of drug-likeness (QED) is 0.471. The van der Waals surface area contributed by atoms with Crippen LogP contribution in [-0.4, -0.2) is 69.8 Å². The van der Waals surface area contributed by atoms with Crippen molar-refractivity contribution in [2.24, 2.45) is 7.05 Å². The van der Waals surface area contributed by atoms with Crippen LogP contribution in [0.15, 0.2) is 24.5 Å². The number of amides is 1. The van der Waals surface area contributed by atoms with Crippen LogP contribution in [0.2, 0.25) is 0 Å². The molecule has 3 aromatic rings. The second kappa shape index (κ2) is 9.83. The Labute approximate surface area is 231 Å². The molecule has 3 aliphatic rings. The largest absolute Gasteiger partial charge is 0.417 e. The molecule has 0 saturated carbocycles. The third-order valence-corrected chi connectivity index (χ3v) is 8.52. The Hall–Kier alpha value is -3.54. The summed E-state index contributed by atoms with van der Waals surface area (Å²) in [4.78, 5) is 18.1. The fourth-order valence-corrected chi connectivity index (χ4v) is 6.18. The van der Waals surface area contributed by atoms with Gasteiger partial charge in [0.2, 0.25) is 5.91 Å². The first kappa shape index (κ1) is 26.7. The van der Waals surface area contributed by atoms with Gasteiger partial charge in [0.25, 0.3) is 0 Å². The molecular formula is C28H34F3N7O2. The van der Waals surface area contributed by atoms with Gasteiger partial charge in [0.1, 0.15) is 0 Å². The molecule has 1 atom stereocenters. The van der Waals surface area contributed by atoms with Crippen LogP contribution < -0.4 is 9.80 Å². The highest BCUT2D eigenvalue weighted by Gasteiger charge is 2.40. The monoisotopic (exact) mass is 557 g/mol. The number of hydrogen-bond acceptors (Lipinski definition) is 6. The maximum absolute atomic E-state index is 14.5. The van der Waals surface area contributed by atoms with Crippen LogP contribution in [0.5, 0.6) is 0 Å². The zero-order chi connectivity index (χ0) is 28.3. The number of aryl methyl sites for hydroxylation is 1. The SMILES string of the molecule is CC(=O)N1CCc2c(c(N3C[C@@H](C)N(C)c4cc(-c5cnn(C)c5)c(C(F)(F)F)cc43)nn2C2CCOCC2)C1. The minimum atomic E-state index is -4.57. The van der Waals surface area contributed by atoms with E-state index in [9.17, 15) is 18.0 Å². The number of benzene rings is 1. The number of ether oxygens (including phenoxy) is 1. The van der Waals surface area contributed by atoms with Crippen molar-refractivity contribution in [1.29, 1.82) is 0 Å². The van der Waals surface area contributed by atoms with Crippen molar-refractivity contribution >= 4 is 23.1 Å². The molecule has 9 nitrogen and oxygen atoms in total. The molecule has 1 aromatic carbocycles. The molecule has 3 aliphatic heterocycles. The first-order chi connectivity index (χ1) is 19.0. The summed E-state index contributed by atoms with van der Waals surface area (Å²) in [6.07, 6.45) is 0.800. The first-order valence-corrected chi connectivity index (χ1v) is 13.7. The maximum atomic E-state index is 14.5. The summed E-state index contributed by atoms with van der Waals surface area (Å²) in [5.74, 6) is 0.610. The molecule has 12 heteroatoms. The van der Waals surface area contributed by atoms with Crippen molar-refractivity contribution in [3.05, 3.63) is 41.3 Å². The molecule has 0 unspecified atom stereocenters. The second-order valence-electron chi connectivity index (χ2n) is 11.1. The van der Waals surface area contributed by atoms with Crippen molar-refractivity contribution in [3.63, 3.8) is 0 Å². The lowest BCUT2D eigenvalue weighted by Crippen LogP contribution is -2.44. The lowest BCUT2D eigenvalue weighted by Gasteiger charge is -2.42. The second-order valence-corrected chi connectivity index (χ2v) is 11.1. The zero-order valence-electron chi connectivity index (χ0n) is 23.2. The van der Waals surface area contributed by atoms with Crippen LogP contribution in [0.25, 0.3) is 11.1 Å². The van der Waals surface area contributed by atoms with Gasteiger partial charge in [-0.3, -0.25) is 14.2 Å². The van der Waals surface area contributed by atoms with E-state index in [1.807, 2.05) is 16.8 Å². The van der Waals surface area contributed by atoms with E-state index < -0.39 is 11.7 Å². The molecule has 1 saturated heterocycles. The van der Waals surface area contributed by atoms with Crippen LogP contribution in [0.4, 0.5) is 30.4 Å². The van der Waals surface area contributed by atoms with Gasteiger partial charge >= 0.3 is 6.18 Å². The van der Waals surface area contributed by atoms with E-state index in [0.29, 0.717) is 62.0 Å². The third-order valence-electron chi connectivity index (χ3n) is 8.52. The number of rotatable bonds is 3. The molecule has 2 aromatic heterocycles. The topological polar surface area (TPSA) is 71.7 Å². The van der Waals surface area contributed by atoms with Gasteiger partial charge in [-0.1, -0.05) is 0 Å². The van der Waals surface area contributed by atoms with Crippen molar-refractivity contribution in [2.75, 3.05) is 43.2 Å². The fourth-order valence-electron chi connectivity index (χ4n) is 6.18. The number of aromatic nitrogens is 4. The van der Waals surface area contributed by atoms with Crippen LogP contribution in [0.1, 0.15) is 49.6 Å². The molecule has 1 fully saturated rings. The predicted molar refractivity (Wildman–Crippen MR) is 145 cm³/mol. The summed E-state index contributed by atoms with van der Waals surface area (Å²) in [5, 5.41) is 9.22. The summed E-state index contributed by atoms with van der Waals surface area (Å²) >= 11 is 0. The van der Waals surface area contributed by atoms with Gasteiger partial charge in [-0.2, -0.15) is 23.4 Å². The lowest BCUT2D eigenvalue weighted by molar-refractivity contribution is -0.137. The third kappa shape index (κ3) is 4.51. The number of hydrogen-bond donors (Lipinski definition) is 0. The minimum Gasteiger partial charge on any atom is -0.381 e. The molecular weight excluding hydrogens is 523 g/mol. The van der Waals surface area contributed by atoms with Gasteiger partial charge in [-0.05, 0) is 37.5 Å². The van der Waals surface area contributed by atoms with E-state index in [4.69, 9.17) is 9.84 Å². The van der Waals surface area contributed by atoms with Crippen LogP contribution >= 0.6 is 0 Å². The average Bonchev–Trinajstić information content (AvgIpc) is 3.53. The van der Waals surface area contributed by atoms with Gasteiger partial charge in [0, 0.05) is 82.8 Å². The van der Waals surface area contributed by atoms with Gasteiger partial charge < -0.3 is 19.4 Å². The van der Waals surface area contributed by atoms with Gasteiger partial charge in [-0.15, -0.1) is 0 Å². The van der Waals surface area contributed by atoms with Crippen molar-refractivity contribution in [3.8, 4) is 11.1 Å². The van der Waals surface area contributed by atoms with Gasteiger partial charge in [0.05, 0.1) is 35.7 Å². The number of nitrogens with zero attached hydrogens (tertiary/aromatic N) is 7. The van der Waals surface area contributed by atoms with E-state index in [2.05, 4.69) is 16.7 Å². The number of alkyl halides is 3. The van der Waals surface area contributed by atoms with Crippen molar-refractivity contribution in [2.45, 2.75) is 57.9 Å². The van der Waals surface area contributed by atoms with E-state index in [0.717, 1.165) is 24.1 Å². The number of fused-ring (bicyclic) bond motifs is 2. The summed E-state index contributed by atoms with van der Waals surface area (Å²) in [6.45, 7) is 6.35. The molecule has 40 heavy (non-hydrogen) atoms. The Balaban J connectivity index is 1.54. The number of likely N-dealkylation sites (N-methyl/N-ethyl adjacent to an activating group) is 1. The summed E-state index contributed by atoms with van der Waals surface area (Å²) < 4.78 is 52.8. The fraction of sp³-hybridized carbons (Fsp3) is 0.536. The van der Waals surface area contributed by atoms with E-state index in [-0.39, 0.29) is 23.6 Å². The molecule has 6 rings (SSSR count). The standard InChI is InChI=1S/C28H34F3N7O2/c1-17-14-37(26-12-23(28(29,30)31)21(11-25(26)35(17)4)19-13-32-34(3)15-19)27-22-16-36(18(2)39)8-5-24(22)38(33-27)20-6-9-40-10-7-20/h11-13,15,17,20H,5-10,14,16H2,1-4H3/t17-/m1/s1. The van der Waals surface area contributed by atoms with E-state index in [1.165, 1.54) is 16.9 Å². The molecule has 0 N–H and O–H groups in total. The normalized spacial score (nSPS) is 20.1. The van der Waals surface area contributed by atoms with Crippen molar-refractivity contribution in [1.82, 2.24) is 24.5 Å². The summed E-state index contributed by atoms with van der Waals surface area (Å²) in [5.41, 5.74) is 2.93. The van der Waals surface area contributed by atoms with E-state index in [1.54, 1.807) is 31.1 Å². The molecule has 5 heterocycles. The highest BCUT2D eigenvalue weighted by molar-refractivity contribution is 5.86. The Morgan fingerprint density at radius 1 is 1.12 bits per heavy atom. The van der Waals surface area contributed by atoms with Gasteiger partial charge in [-0.25, -0.2) is 0 Å². The minimum absolute atomic E-state index is 0.00219. The Bertz CT molecular complexity index is 1440. The molecule has 0 spiro atoms. The van der Waals surface area contributed by atoms with E-state index >= 15 is 0 Å². The molecule has 0 bridgehead atoms. The van der Waals surface area contributed by atoms with Crippen LogP contribution in [0, 0.1) is 0 Å². The highest BCUT2D eigenvalue weighted by atomic mass is 19.4. The molecule has 214 valence electrons. The number of anilines is 3. The molecule has 0 aliphatic carbocycles. The number of carbonyl (C=O) groups excluding carboxylic acids is 1. The maximum Gasteiger partial charge on any atom is 0.417 e. The zero-order valence-corrected chi connectivity index (χ0v) is 23.2. The van der Waals surface area contributed by atoms with Crippen molar-refractivity contribution < 1.29 is 22.7 Å². The van der Waals surface area contributed by atoms with Gasteiger partial charge in [0.15, 0.2) is 5.82 Å². The Kier molecular flexibility index (Phi) is 6.55. The molecule has 0 radical (unpaired) electrons. The summed E-state index contributed by atoms with van der Waals surface area (Å²) in [7, 11) is 3.60. The predicted octanol–water partition coefficient (Wildman–Crippen LogP) is 4.53. The number of halogens is 3. The summed E-state index contributed by atoms with van der Waals surface area (Å²) in [6, 6.07) is 3.04. The Morgan fingerprint density at radius 2 is 1.88 bits per heavy atom. The van der Waals surface area contributed by atoms with Crippen LogP contribution in [-0.2, 0) is 35.7 Å². The first-order valence-electron chi connectivity index (χ1n) is 13.7.